The van der Waals surface area contributed by atoms with Crippen LogP contribution < -0.4 is 0 Å². The van der Waals surface area contributed by atoms with Gasteiger partial charge in [0.05, 0.1) is 17.1 Å². The molecule has 4 heterocycles. The number of ether oxygens (including phenoxy) is 1. The zero-order valence-corrected chi connectivity index (χ0v) is 19.9. The number of nitrogens with zero attached hydrogens (tertiary/aromatic N) is 6. The molecule has 0 saturated carbocycles. The molecule has 2 aliphatic heterocycles. The van der Waals surface area contributed by atoms with Gasteiger partial charge < -0.3 is 14.2 Å². The van der Waals surface area contributed by atoms with Crippen LogP contribution in [0.25, 0.3) is 16.9 Å². The minimum atomic E-state index is -5.12. The third-order valence-corrected chi connectivity index (χ3v) is 6.83. The predicted octanol–water partition coefficient (Wildman–Crippen LogP) is 2.61. The van der Waals surface area contributed by atoms with Gasteiger partial charge in [-0.1, -0.05) is 6.92 Å². The van der Waals surface area contributed by atoms with Crippen molar-refractivity contribution < 1.29 is 36.4 Å². The van der Waals surface area contributed by atoms with Gasteiger partial charge in [0.15, 0.2) is 6.61 Å². The number of amides is 1. The van der Waals surface area contributed by atoms with Crippen molar-refractivity contribution in [3.05, 3.63) is 35.6 Å². The van der Waals surface area contributed by atoms with E-state index < -0.39 is 24.7 Å². The van der Waals surface area contributed by atoms with Crippen molar-refractivity contribution >= 4 is 22.8 Å². The summed E-state index contributed by atoms with van der Waals surface area (Å²) in [4.78, 5) is 31.0. The summed E-state index contributed by atoms with van der Waals surface area (Å²) in [5, 5.41) is 9.40. The van der Waals surface area contributed by atoms with Crippen LogP contribution in [-0.2, 0) is 20.7 Å². The molecule has 5 rings (SSSR count). The number of aryl methyl sites for hydroxylation is 1. The molecule has 37 heavy (non-hydrogen) atoms. The first kappa shape index (κ1) is 25.1. The number of halogens is 4. The van der Waals surface area contributed by atoms with Gasteiger partial charge in [0.1, 0.15) is 5.82 Å². The van der Waals surface area contributed by atoms with Crippen LogP contribution in [0.5, 0.6) is 0 Å². The van der Waals surface area contributed by atoms with Crippen LogP contribution in [0.4, 0.5) is 17.6 Å². The van der Waals surface area contributed by atoms with Crippen LogP contribution in [0.3, 0.4) is 0 Å². The monoisotopic (exact) mass is 524 g/mol. The second-order valence-corrected chi connectivity index (χ2v) is 9.14. The van der Waals surface area contributed by atoms with Crippen molar-refractivity contribution in [2.24, 2.45) is 0 Å². The third-order valence-electron chi connectivity index (χ3n) is 6.83. The number of hydrogen-bond donors (Lipinski definition) is 0. The SMILES string of the molecule is CCc1nn(-c2noc(C3CN(C4CCN(C(=O)COC(=O)C(F)(F)F)CC4)C3)n2)c2cc(F)ccc12. The highest BCUT2D eigenvalue weighted by atomic mass is 19.4. The summed E-state index contributed by atoms with van der Waals surface area (Å²) in [6.07, 6.45) is -3.17. The van der Waals surface area contributed by atoms with Crippen molar-refractivity contribution in [1.29, 1.82) is 0 Å². The number of carbonyl (C=O) groups excluding carboxylic acids is 2. The zero-order chi connectivity index (χ0) is 26.3. The Balaban J connectivity index is 1.14. The number of rotatable bonds is 6. The Morgan fingerprint density at radius 3 is 2.59 bits per heavy atom. The lowest BCUT2D eigenvalue weighted by molar-refractivity contribution is -0.200. The summed E-state index contributed by atoms with van der Waals surface area (Å²) < 4.78 is 61.5. The summed E-state index contributed by atoms with van der Waals surface area (Å²) in [6, 6.07) is 4.66. The number of hydrogen-bond acceptors (Lipinski definition) is 8. The standard InChI is InChI=1S/C23H24F4N6O4/c1-2-17-16-4-3-14(24)9-18(16)33(29-17)22-28-20(37-30-22)13-10-32(11-13)15-5-7-31(8-6-15)19(34)12-36-21(35)23(25,26)27/h3-4,9,13,15H,2,5-8,10-12H2,1H3. The molecule has 2 saturated heterocycles. The van der Waals surface area contributed by atoms with E-state index in [1.165, 1.54) is 21.7 Å². The molecular formula is C23H24F4N6O4. The van der Waals surface area contributed by atoms with Gasteiger partial charge in [0, 0.05) is 43.7 Å². The second kappa shape index (κ2) is 9.72. The molecule has 0 radical (unpaired) electrons. The molecule has 198 valence electrons. The maximum absolute atomic E-state index is 13.9. The van der Waals surface area contributed by atoms with E-state index in [9.17, 15) is 27.2 Å². The van der Waals surface area contributed by atoms with Gasteiger partial charge in [-0.2, -0.15) is 27.9 Å². The van der Waals surface area contributed by atoms with E-state index in [4.69, 9.17) is 4.52 Å². The molecule has 1 amide bonds. The Morgan fingerprint density at radius 1 is 1.19 bits per heavy atom. The number of piperidine rings is 1. The Labute approximate surface area is 208 Å². The topological polar surface area (TPSA) is 107 Å². The largest absolute Gasteiger partial charge is 0.490 e. The van der Waals surface area contributed by atoms with Crippen LogP contribution in [0.1, 0.15) is 37.3 Å². The van der Waals surface area contributed by atoms with E-state index in [1.807, 2.05) is 6.92 Å². The molecule has 2 aliphatic rings. The summed E-state index contributed by atoms with van der Waals surface area (Å²) in [5.41, 5.74) is 1.37. The highest BCUT2D eigenvalue weighted by Gasteiger charge is 2.42. The number of esters is 1. The fraction of sp³-hybridized carbons (Fsp3) is 0.522. The minimum Gasteiger partial charge on any atom is -0.449 e. The molecule has 2 aromatic heterocycles. The summed E-state index contributed by atoms with van der Waals surface area (Å²) in [7, 11) is 0. The normalized spacial score (nSPS) is 17.8. The van der Waals surface area contributed by atoms with E-state index >= 15 is 0 Å². The van der Waals surface area contributed by atoms with Crippen molar-refractivity contribution in [2.75, 3.05) is 32.8 Å². The molecule has 14 heteroatoms. The highest BCUT2D eigenvalue weighted by molar-refractivity contribution is 5.83. The zero-order valence-electron chi connectivity index (χ0n) is 19.9. The van der Waals surface area contributed by atoms with Crippen LogP contribution in [0.15, 0.2) is 22.7 Å². The summed E-state index contributed by atoms with van der Waals surface area (Å²) in [6.45, 7) is 3.12. The van der Waals surface area contributed by atoms with Gasteiger partial charge in [-0.25, -0.2) is 9.18 Å². The Hall–Kier alpha value is -3.55. The van der Waals surface area contributed by atoms with Crippen molar-refractivity contribution in [2.45, 2.75) is 44.3 Å². The molecule has 0 atom stereocenters. The average Bonchev–Trinajstić information content (AvgIpc) is 3.45. The fourth-order valence-corrected chi connectivity index (χ4v) is 4.79. The molecule has 0 spiro atoms. The number of likely N-dealkylation sites (tertiary alicyclic amines) is 2. The second-order valence-electron chi connectivity index (χ2n) is 9.14. The van der Waals surface area contributed by atoms with Crippen molar-refractivity contribution in [1.82, 2.24) is 29.7 Å². The van der Waals surface area contributed by atoms with E-state index in [2.05, 4.69) is 24.9 Å². The molecular weight excluding hydrogens is 500 g/mol. The molecule has 10 nitrogen and oxygen atoms in total. The maximum atomic E-state index is 13.9. The average molecular weight is 524 g/mol. The molecule has 2 fully saturated rings. The lowest BCUT2D eigenvalue weighted by Gasteiger charge is -2.45. The molecule has 0 bridgehead atoms. The van der Waals surface area contributed by atoms with E-state index in [-0.39, 0.29) is 23.7 Å². The first-order chi connectivity index (χ1) is 17.6. The van der Waals surface area contributed by atoms with Gasteiger partial charge in [-0.05, 0) is 36.6 Å². The molecule has 0 unspecified atom stereocenters. The highest BCUT2D eigenvalue weighted by Crippen LogP contribution is 2.32. The quantitative estimate of drug-likeness (QED) is 0.358. The molecule has 0 N–H and O–H groups in total. The van der Waals surface area contributed by atoms with E-state index in [1.54, 1.807) is 6.07 Å². The van der Waals surface area contributed by atoms with Crippen molar-refractivity contribution in [3.63, 3.8) is 0 Å². The van der Waals surface area contributed by atoms with Gasteiger partial charge in [-0.15, -0.1) is 0 Å². The molecule has 3 aromatic rings. The maximum Gasteiger partial charge on any atom is 0.490 e. The van der Waals surface area contributed by atoms with Crippen LogP contribution in [0.2, 0.25) is 0 Å². The number of alkyl halides is 3. The summed E-state index contributed by atoms with van der Waals surface area (Å²) in [5.74, 6) is -2.68. The van der Waals surface area contributed by atoms with Gasteiger partial charge in [0.2, 0.25) is 5.89 Å². The minimum absolute atomic E-state index is 0.0203. The number of benzene rings is 1. The first-order valence-corrected chi connectivity index (χ1v) is 11.9. The van der Waals surface area contributed by atoms with Crippen LogP contribution in [-0.4, -0.2) is 86.6 Å². The first-order valence-electron chi connectivity index (χ1n) is 11.9. The number of carbonyl (C=O) groups is 2. The smallest absolute Gasteiger partial charge is 0.449 e. The predicted molar refractivity (Wildman–Crippen MR) is 119 cm³/mol. The lowest BCUT2D eigenvalue weighted by Crippen LogP contribution is -2.55. The van der Waals surface area contributed by atoms with Crippen LogP contribution >= 0.6 is 0 Å². The van der Waals surface area contributed by atoms with E-state index in [0.717, 1.165) is 11.1 Å². The summed E-state index contributed by atoms with van der Waals surface area (Å²) >= 11 is 0. The Bertz CT molecular complexity index is 1310. The van der Waals surface area contributed by atoms with Gasteiger partial charge >= 0.3 is 12.1 Å². The number of aromatic nitrogens is 4. The van der Waals surface area contributed by atoms with Crippen molar-refractivity contribution in [3.8, 4) is 5.95 Å². The third kappa shape index (κ3) is 5.02. The fourth-order valence-electron chi connectivity index (χ4n) is 4.79. The Morgan fingerprint density at radius 2 is 1.92 bits per heavy atom. The van der Waals surface area contributed by atoms with Gasteiger partial charge in [0.25, 0.3) is 11.9 Å². The van der Waals surface area contributed by atoms with E-state index in [0.29, 0.717) is 56.8 Å². The number of fused-ring (bicyclic) bond motifs is 1. The molecule has 1 aromatic carbocycles. The molecule has 0 aliphatic carbocycles. The van der Waals surface area contributed by atoms with Gasteiger partial charge in [-0.3, -0.25) is 9.69 Å². The van der Waals surface area contributed by atoms with Crippen LogP contribution in [0, 0.1) is 5.82 Å². The lowest BCUT2D eigenvalue weighted by atomic mass is 9.93. The Kier molecular flexibility index (Phi) is 6.60.